The van der Waals surface area contributed by atoms with Crippen molar-refractivity contribution in [2.45, 2.75) is 120 Å². The Labute approximate surface area is 280 Å². The van der Waals surface area contributed by atoms with E-state index in [-0.39, 0.29) is 37.5 Å². The van der Waals surface area contributed by atoms with Crippen LogP contribution < -0.4 is 20.1 Å². The Morgan fingerprint density at radius 2 is 1.75 bits per heavy atom. The van der Waals surface area contributed by atoms with Gasteiger partial charge in [0.25, 0.3) is 0 Å². The SMILES string of the molecule is O=C1N[C@@H](C2CCCCC2)C(=O)N2C[C@@H](C[C@H]2C(=O)O)Oc2nc3ccccc3c(O[C@H]3CCNC[C@H]3F)c2CCCCC[C@@H]2C[C@H]2O1. The van der Waals surface area contributed by atoms with Crippen molar-refractivity contribution in [3.8, 4) is 11.6 Å². The molecule has 3 aliphatic heterocycles. The largest absolute Gasteiger partial charge is 0.486 e. The van der Waals surface area contributed by atoms with Gasteiger partial charge in [0.05, 0.1) is 17.6 Å². The molecule has 0 unspecified atom stereocenters. The molecule has 260 valence electrons. The minimum atomic E-state index is -1.17. The average molecular weight is 667 g/mol. The van der Waals surface area contributed by atoms with E-state index < -0.39 is 48.4 Å². The summed E-state index contributed by atoms with van der Waals surface area (Å²) in [6.45, 7) is 0.915. The third-order valence-electron chi connectivity index (χ3n) is 10.9. The number of carboxylic acid groups (broad SMARTS) is 1. The van der Waals surface area contributed by atoms with Crippen molar-refractivity contribution in [2.24, 2.45) is 11.8 Å². The highest BCUT2D eigenvalue weighted by molar-refractivity contribution is 5.90. The first kappa shape index (κ1) is 32.9. The van der Waals surface area contributed by atoms with E-state index in [1.165, 1.54) is 4.90 Å². The molecule has 7 atom stereocenters. The molecule has 48 heavy (non-hydrogen) atoms. The van der Waals surface area contributed by atoms with E-state index in [9.17, 15) is 19.5 Å². The van der Waals surface area contributed by atoms with Crippen LogP contribution in [0.2, 0.25) is 0 Å². The molecule has 1 aromatic heterocycles. The highest BCUT2D eigenvalue weighted by Gasteiger charge is 2.46. The number of nitrogens with one attached hydrogen (secondary N) is 2. The predicted octanol–water partition coefficient (Wildman–Crippen LogP) is 4.93. The van der Waals surface area contributed by atoms with Crippen LogP contribution in [0.5, 0.6) is 11.6 Å². The normalized spacial score (nSPS) is 32.1. The number of rotatable bonds is 4. The van der Waals surface area contributed by atoms with Crippen LogP contribution in [-0.4, -0.2) is 89.2 Å². The number of hydrogen-bond acceptors (Lipinski definition) is 8. The lowest BCUT2D eigenvalue weighted by molar-refractivity contribution is -0.149. The van der Waals surface area contributed by atoms with Crippen molar-refractivity contribution in [2.75, 3.05) is 19.6 Å². The van der Waals surface area contributed by atoms with Crippen LogP contribution in [0.25, 0.3) is 10.9 Å². The van der Waals surface area contributed by atoms with Crippen LogP contribution in [0.15, 0.2) is 24.3 Å². The second-order valence-corrected chi connectivity index (χ2v) is 14.3. The molecule has 0 radical (unpaired) electrons. The number of nitrogens with zero attached hydrogens (tertiary/aromatic N) is 2. The number of carboxylic acids is 1. The molecular weight excluding hydrogens is 619 g/mol. The first-order chi connectivity index (χ1) is 23.4. The monoisotopic (exact) mass is 666 g/mol. The fraction of sp³-hybridized carbons (Fsp3) is 0.667. The maximum absolute atomic E-state index is 15.1. The summed E-state index contributed by atoms with van der Waals surface area (Å²) in [7, 11) is 0. The van der Waals surface area contributed by atoms with E-state index >= 15 is 4.39 Å². The number of pyridine rings is 1. The van der Waals surface area contributed by atoms with Crippen LogP contribution in [0.1, 0.15) is 82.6 Å². The number of carbonyl (C=O) groups is 3. The number of aromatic nitrogens is 1. The van der Waals surface area contributed by atoms with Gasteiger partial charge >= 0.3 is 12.1 Å². The van der Waals surface area contributed by atoms with E-state index in [0.29, 0.717) is 36.5 Å². The van der Waals surface area contributed by atoms with Gasteiger partial charge in [0.2, 0.25) is 11.8 Å². The number of aliphatic carboxylic acids is 1. The number of halogens is 1. The highest BCUT2D eigenvalue weighted by atomic mass is 19.1. The number of ether oxygens (including phenoxy) is 3. The molecule has 2 saturated heterocycles. The van der Waals surface area contributed by atoms with Gasteiger partial charge in [0.1, 0.15) is 42.3 Å². The van der Waals surface area contributed by atoms with Crippen LogP contribution in [0, 0.1) is 11.8 Å². The first-order valence-corrected chi connectivity index (χ1v) is 18.0. The molecule has 7 rings (SSSR count). The van der Waals surface area contributed by atoms with E-state index in [0.717, 1.165) is 75.2 Å². The smallest absolute Gasteiger partial charge is 0.408 e. The quantitative estimate of drug-likeness (QED) is 0.415. The van der Waals surface area contributed by atoms with Crippen molar-refractivity contribution in [1.82, 2.24) is 20.5 Å². The minimum Gasteiger partial charge on any atom is -0.486 e. The Morgan fingerprint density at radius 1 is 0.979 bits per heavy atom. The van der Waals surface area contributed by atoms with Crippen LogP contribution in [0.4, 0.5) is 9.18 Å². The number of alkyl carbamates (subject to hydrolysis) is 1. The summed E-state index contributed by atoms with van der Waals surface area (Å²) in [6.07, 6.45) is 6.90. The topological polar surface area (TPSA) is 139 Å². The van der Waals surface area contributed by atoms with Gasteiger partial charge in [-0.2, -0.15) is 0 Å². The first-order valence-electron chi connectivity index (χ1n) is 18.0. The third kappa shape index (κ3) is 7.18. The number of alkyl halides is 1. The van der Waals surface area contributed by atoms with Crippen LogP contribution in [0.3, 0.4) is 0 Å². The fourth-order valence-electron chi connectivity index (χ4n) is 8.13. The van der Waals surface area contributed by atoms with Gasteiger partial charge in [0.15, 0.2) is 0 Å². The van der Waals surface area contributed by atoms with Crippen molar-refractivity contribution >= 4 is 28.9 Å². The maximum atomic E-state index is 15.1. The van der Waals surface area contributed by atoms with E-state index in [4.69, 9.17) is 19.2 Å². The van der Waals surface area contributed by atoms with Crippen molar-refractivity contribution in [3.63, 3.8) is 0 Å². The fourth-order valence-corrected chi connectivity index (χ4v) is 8.13. The second kappa shape index (κ2) is 14.4. The zero-order valence-electron chi connectivity index (χ0n) is 27.4. The Bertz CT molecular complexity index is 1500. The second-order valence-electron chi connectivity index (χ2n) is 14.3. The van der Waals surface area contributed by atoms with Gasteiger partial charge in [-0.15, -0.1) is 0 Å². The van der Waals surface area contributed by atoms with Crippen LogP contribution >= 0.6 is 0 Å². The number of carbonyl (C=O) groups excluding carboxylic acids is 2. The number of piperidine rings is 1. The highest BCUT2D eigenvalue weighted by Crippen LogP contribution is 2.41. The Morgan fingerprint density at radius 3 is 2.54 bits per heavy atom. The lowest BCUT2D eigenvalue weighted by Crippen LogP contribution is -2.55. The van der Waals surface area contributed by atoms with Gasteiger partial charge < -0.3 is 34.9 Å². The summed E-state index contributed by atoms with van der Waals surface area (Å²) in [5, 5.41) is 17.0. The summed E-state index contributed by atoms with van der Waals surface area (Å²) >= 11 is 0. The summed E-state index contributed by atoms with van der Waals surface area (Å²) in [6, 6.07) is 5.59. The van der Waals surface area contributed by atoms with Gasteiger partial charge in [-0.3, -0.25) is 4.79 Å². The number of para-hydroxylation sites is 1. The molecule has 3 N–H and O–H groups in total. The predicted molar refractivity (Wildman–Crippen MR) is 175 cm³/mol. The minimum absolute atomic E-state index is 0.0332. The molecule has 1 aromatic carbocycles. The number of fused-ring (bicyclic) bond motifs is 5. The van der Waals surface area contributed by atoms with Gasteiger partial charge in [-0.25, -0.2) is 19.0 Å². The standard InChI is InChI=1S/C36H47FN4O7/c37-26-19-38-16-15-29(26)47-32-24-12-7-8-14-27(24)39-33-25(32)13-6-2-5-11-22-17-30(22)48-36(45)40-31(21-9-3-1-4-10-21)34(42)41-20-23(46-33)18-28(41)35(43)44/h7-8,12,14,21-23,26,28-31,38H,1-6,9-11,13,15-20H2,(H,40,45)(H,43,44)/t22-,23-,26-,28+,29+,30-,31+/m1/s1. The van der Waals surface area contributed by atoms with Gasteiger partial charge in [-0.1, -0.05) is 44.2 Å². The molecule has 2 bridgehead atoms. The number of amides is 2. The average Bonchev–Trinajstić information content (AvgIpc) is 3.67. The zero-order valence-corrected chi connectivity index (χ0v) is 27.4. The summed E-state index contributed by atoms with van der Waals surface area (Å²) in [4.78, 5) is 46.2. The molecule has 2 amide bonds. The lowest BCUT2D eigenvalue weighted by atomic mass is 9.83. The molecule has 2 saturated carbocycles. The summed E-state index contributed by atoms with van der Waals surface area (Å²) < 4.78 is 34.0. The molecule has 11 nitrogen and oxygen atoms in total. The van der Waals surface area contributed by atoms with E-state index in [1.807, 2.05) is 24.3 Å². The maximum Gasteiger partial charge on any atom is 0.408 e. The zero-order chi connectivity index (χ0) is 33.2. The molecule has 4 fully saturated rings. The Hall–Kier alpha value is -3.67. The third-order valence-corrected chi connectivity index (χ3v) is 10.9. The van der Waals surface area contributed by atoms with Crippen molar-refractivity contribution in [3.05, 3.63) is 29.8 Å². The van der Waals surface area contributed by atoms with Crippen molar-refractivity contribution in [1.29, 1.82) is 0 Å². The number of benzene rings is 1. The number of hydrogen-bond donors (Lipinski definition) is 3. The molecule has 0 spiro atoms. The molecule has 5 aliphatic rings. The molecule has 2 aromatic rings. The molecule has 4 heterocycles. The van der Waals surface area contributed by atoms with Gasteiger partial charge in [0, 0.05) is 18.4 Å². The lowest BCUT2D eigenvalue weighted by Gasteiger charge is -2.33. The molecule has 12 heteroatoms. The van der Waals surface area contributed by atoms with Gasteiger partial charge in [-0.05, 0) is 75.5 Å². The van der Waals surface area contributed by atoms with E-state index in [1.54, 1.807) is 0 Å². The Kier molecular flexibility index (Phi) is 9.88. The Balaban J connectivity index is 1.24. The van der Waals surface area contributed by atoms with Crippen molar-refractivity contribution < 1.29 is 38.1 Å². The molecular formula is C36H47FN4O7. The summed E-state index contributed by atoms with van der Waals surface area (Å²) in [5.74, 6) is -0.447. The van der Waals surface area contributed by atoms with Crippen LogP contribution in [-0.2, 0) is 20.7 Å². The summed E-state index contributed by atoms with van der Waals surface area (Å²) in [5.41, 5.74) is 1.38. The molecule has 2 aliphatic carbocycles. The van der Waals surface area contributed by atoms with E-state index in [2.05, 4.69) is 10.6 Å².